The van der Waals surface area contributed by atoms with Crippen LogP contribution < -0.4 is 9.47 Å². The molecule has 0 fully saturated rings. The van der Waals surface area contributed by atoms with Gasteiger partial charge in [-0.1, -0.05) is 67.9 Å². The Morgan fingerprint density at radius 3 is 2.28 bits per heavy atom. The lowest BCUT2D eigenvalue weighted by Crippen LogP contribution is -2.35. The molecule has 3 aromatic carbocycles. The fraction of sp³-hybridized carbons (Fsp3) is 0.200. The van der Waals surface area contributed by atoms with Crippen LogP contribution in [0.5, 0.6) is 11.5 Å². The highest BCUT2D eigenvalue weighted by Gasteiger charge is 2.36. The largest absolute Gasteiger partial charge is 0.490 e. The predicted octanol–water partition coefficient (Wildman–Crippen LogP) is 6.98. The summed E-state index contributed by atoms with van der Waals surface area (Å²) in [5, 5.41) is 15.9. The van der Waals surface area contributed by atoms with Gasteiger partial charge in [0.15, 0.2) is 5.84 Å². The van der Waals surface area contributed by atoms with E-state index >= 15 is 0 Å². The van der Waals surface area contributed by atoms with Crippen molar-refractivity contribution in [1.29, 1.82) is 5.41 Å². The Morgan fingerprint density at radius 1 is 1.00 bits per heavy atom. The quantitative estimate of drug-likeness (QED) is 0.226. The zero-order valence-electron chi connectivity index (χ0n) is 21.6. The molecule has 0 unspecified atom stereocenters. The Kier molecular flexibility index (Phi) is 8.14. The minimum Gasteiger partial charge on any atom is -0.490 e. The van der Waals surface area contributed by atoms with Crippen LogP contribution in [0.2, 0.25) is 5.02 Å². The zero-order valence-corrected chi connectivity index (χ0v) is 23.1. The van der Waals surface area contributed by atoms with E-state index in [0.717, 1.165) is 23.3 Å². The number of ether oxygens (including phenoxy) is 2. The van der Waals surface area contributed by atoms with Crippen LogP contribution >= 0.6 is 23.4 Å². The first-order chi connectivity index (χ1) is 18.9. The predicted molar refractivity (Wildman–Crippen MR) is 158 cm³/mol. The van der Waals surface area contributed by atoms with E-state index in [1.54, 1.807) is 12.1 Å². The molecule has 0 bridgehead atoms. The lowest BCUT2D eigenvalue weighted by atomic mass is 9.99. The molecular formula is C30H27ClN4O3S. The molecule has 2 aliphatic rings. The van der Waals surface area contributed by atoms with E-state index in [2.05, 4.69) is 36.1 Å². The molecule has 1 amide bonds. The fourth-order valence-electron chi connectivity index (χ4n) is 4.01. The Hall–Kier alpha value is -3.88. The van der Waals surface area contributed by atoms with Gasteiger partial charge in [-0.15, -0.1) is 0 Å². The Labute approximate surface area is 236 Å². The van der Waals surface area contributed by atoms with Crippen molar-refractivity contribution in [2.75, 3.05) is 13.2 Å². The monoisotopic (exact) mass is 558 g/mol. The van der Waals surface area contributed by atoms with Crippen molar-refractivity contribution in [2.45, 2.75) is 26.2 Å². The van der Waals surface area contributed by atoms with Gasteiger partial charge in [0.05, 0.1) is 10.6 Å². The summed E-state index contributed by atoms with van der Waals surface area (Å²) in [6.45, 7) is 5.21. The van der Waals surface area contributed by atoms with Gasteiger partial charge in [-0.05, 0) is 71.6 Å². The number of hydrazone groups is 1. The lowest BCUT2D eigenvalue weighted by molar-refractivity contribution is -0.114. The molecule has 3 aromatic rings. The molecule has 0 spiro atoms. The molecule has 2 aliphatic heterocycles. The first-order valence-corrected chi connectivity index (χ1v) is 13.8. The average Bonchev–Trinajstić information content (AvgIpc) is 3.38. The maximum atomic E-state index is 12.7. The molecule has 0 saturated heterocycles. The molecule has 1 atom stereocenters. The van der Waals surface area contributed by atoms with Crippen LogP contribution in [-0.2, 0) is 4.79 Å². The van der Waals surface area contributed by atoms with E-state index in [-0.39, 0.29) is 11.4 Å². The van der Waals surface area contributed by atoms with Gasteiger partial charge in [0, 0.05) is 5.56 Å². The molecule has 0 aliphatic carbocycles. The van der Waals surface area contributed by atoms with E-state index in [0.29, 0.717) is 40.1 Å². The molecule has 0 saturated carbocycles. The number of hydrogen-bond acceptors (Lipinski definition) is 6. The van der Waals surface area contributed by atoms with Gasteiger partial charge in [-0.3, -0.25) is 10.2 Å². The summed E-state index contributed by atoms with van der Waals surface area (Å²) in [6.07, 6.45) is 2.74. The number of amides is 1. The second-order valence-electron chi connectivity index (χ2n) is 9.05. The van der Waals surface area contributed by atoms with Crippen molar-refractivity contribution in [2.24, 2.45) is 10.1 Å². The molecule has 2 heterocycles. The van der Waals surface area contributed by atoms with E-state index < -0.39 is 5.91 Å². The zero-order chi connectivity index (χ0) is 27.4. The minimum atomic E-state index is -0.482. The SMILES string of the molecule is CC[C@H](C)c1ccc(OCCOc2ccc(/C=C3/C(=N)N4N=C(c5ccccc5Cl)SC4=NC3=O)cc2)cc1. The number of benzene rings is 3. The smallest absolute Gasteiger partial charge is 0.283 e. The van der Waals surface area contributed by atoms with Crippen molar-refractivity contribution in [3.05, 3.63) is 100 Å². The summed E-state index contributed by atoms with van der Waals surface area (Å²) in [5.74, 6) is 1.52. The summed E-state index contributed by atoms with van der Waals surface area (Å²) in [6, 6.07) is 22.8. The molecule has 198 valence electrons. The first kappa shape index (κ1) is 26.7. The normalized spacial score (nSPS) is 16.6. The third-order valence-electron chi connectivity index (χ3n) is 6.43. The van der Waals surface area contributed by atoms with Crippen LogP contribution in [0.15, 0.2) is 88.5 Å². The minimum absolute atomic E-state index is 0.0331. The van der Waals surface area contributed by atoms with Gasteiger partial charge in [-0.2, -0.15) is 15.1 Å². The van der Waals surface area contributed by atoms with Gasteiger partial charge in [-0.25, -0.2) is 0 Å². The van der Waals surface area contributed by atoms with Crippen LogP contribution in [0.25, 0.3) is 6.08 Å². The van der Waals surface area contributed by atoms with Crippen LogP contribution in [0.4, 0.5) is 0 Å². The number of carbonyl (C=O) groups excluding carboxylic acids is 1. The summed E-state index contributed by atoms with van der Waals surface area (Å²) in [4.78, 5) is 16.9. The fourth-order valence-corrected chi connectivity index (χ4v) is 5.22. The van der Waals surface area contributed by atoms with Crippen molar-refractivity contribution in [1.82, 2.24) is 5.01 Å². The number of hydrogen-bond donors (Lipinski definition) is 1. The Bertz CT molecular complexity index is 1480. The van der Waals surface area contributed by atoms with Crippen molar-refractivity contribution in [3.63, 3.8) is 0 Å². The van der Waals surface area contributed by atoms with Crippen LogP contribution in [0, 0.1) is 5.41 Å². The molecule has 5 rings (SSSR count). The number of nitrogens with one attached hydrogen (secondary N) is 1. The summed E-state index contributed by atoms with van der Waals surface area (Å²) >= 11 is 7.52. The molecule has 39 heavy (non-hydrogen) atoms. The maximum absolute atomic E-state index is 12.7. The van der Waals surface area contributed by atoms with Crippen molar-refractivity contribution >= 4 is 51.4 Å². The first-order valence-electron chi connectivity index (χ1n) is 12.6. The summed E-state index contributed by atoms with van der Waals surface area (Å²) in [5.41, 5.74) is 2.94. The number of amidine groups is 2. The molecule has 1 N–H and O–H groups in total. The topological polar surface area (TPSA) is 87.3 Å². The average molecular weight is 559 g/mol. The molecule has 0 radical (unpaired) electrons. The van der Waals surface area contributed by atoms with Gasteiger partial charge < -0.3 is 9.47 Å². The van der Waals surface area contributed by atoms with Crippen molar-refractivity contribution < 1.29 is 14.3 Å². The second kappa shape index (κ2) is 11.9. The van der Waals surface area contributed by atoms with Crippen LogP contribution in [0.3, 0.4) is 0 Å². The van der Waals surface area contributed by atoms with Gasteiger partial charge >= 0.3 is 0 Å². The number of halogens is 1. The second-order valence-corrected chi connectivity index (χ2v) is 10.4. The van der Waals surface area contributed by atoms with Gasteiger partial charge in [0.1, 0.15) is 29.8 Å². The lowest BCUT2D eigenvalue weighted by Gasteiger charge is -2.20. The van der Waals surface area contributed by atoms with Gasteiger partial charge in [0.25, 0.3) is 5.91 Å². The van der Waals surface area contributed by atoms with Crippen LogP contribution in [0.1, 0.15) is 42.9 Å². The van der Waals surface area contributed by atoms with Crippen LogP contribution in [-0.4, -0.2) is 40.2 Å². The van der Waals surface area contributed by atoms with E-state index in [4.69, 9.17) is 26.5 Å². The molecule has 0 aromatic heterocycles. The standard InChI is InChI=1S/C30H27ClN4O3S/c1-3-19(2)21-10-14-23(15-11-21)38-17-16-37-22-12-8-20(9-13-22)18-25-27(32)35-30(33-28(25)36)39-29(34-35)24-6-4-5-7-26(24)31/h4-15,18-19,32H,3,16-17H2,1-2H3/b25-18-,32-27?/t19-/m0/s1. The Morgan fingerprint density at radius 2 is 1.64 bits per heavy atom. The number of nitrogens with zero attached hydrogens (tertiary/aromatic N) is 3. The van der Waals surface area contributed by atoms with E-state index in [9.17, 15) is 4.79 Å². The maximum Gasteiger partial charge on any atom is 0.283 e. The number of thioether (sulfide) groups is 1. The number of aliphatic imine (C=N–C) groups is 1. The summed E-state index contributed by atoms with van der Waals surface area (Å²) in [7, 11) is 0. The summed E-state index contributed by atoms with van der Waals surface area (Å²) < 4.78 is 11.6. The Balaban J connectivity index is 1.18. The highest BCUT2D eigenvalue weighted by molar-refractivity contribution is 8.27. The van der Waals surface area contributed by atoms with E-state index in [1.165, 1.54) is 22.3 Å². The van der Waals surface area contributed by atoms with Gasteiger partial charge in [0.2, 0.25) is 5.17 Å². The third-order valence-corrected chi connectivity index (χ3v) is 7.70. The van der Waals surface area contributed by atoms with E-state index in [1.807, 2.05) is 54.6 Å². The molecule has 7 nitrogen and oxygen atoms in total. The van der Waals surface area contributed by atoms with Crippen molar-refractivity contribution in [3.8, 4) is 11.5 Å². The number of rotatable bonds is 9. The number of fused-ring (bicyclic) bond motifs is 1. The highest BCUT2D eigenvalue weighted by Crippen LogP contribution is 2.33. The number of carbonyl (C=O) groups is 1. The highest BCUT2D eigenvalue weighted by atomic mass is 35.5. The third kappa shape index (κ3) is 6.08. The molecular weight excluding hydrogens is 532 g/mol. The molecule has 9 heteroatoms.